The average Bonchev–Trinajstić information content (AvgIpc) is 3.18. The molecule has 0 saturated carbocycles. The molecule has 2 aromatic heterocycles. The van der Waals surface area contributed by atoms with Crippen molar-refractivity contribution >= 4 is 33.4 Å². The van der Waals surface area contributed by atoms with Crippen molar-refractivity contribution in [3.63, 3.8) is 0 Å². The molecule has 158 valence electrons. The number of benzene rings is 4. The van der Waals surface area contributed by atoms with Crippen LogP contribution in [-0.4, -0.2) is 19.5 Å². The maximum Gasteiger partial charge on any atom is 0.226 e. The van der Waals surface area contributed by atoms with E-state index in [1.54, 1.807) is 0 Å². The molecule has 4 nitrogen and oxygen atoms in total. The van der Waals surface area contributed by atoms with Crippen LogP contribution in [0.1, 0.15) is 5.56 Å². The van der Waals surface area contributed by atoms with E-state index in [1.165, 1.54) is 27.4 Å². The summed E-state index contributed by atoms with van der Waals surface area (Å²) < 4.78 is 2.30. The van der Waals surface area contributed by atoms with Crippen LogP contribution in [0.25, 0.3) is 50.3 Å². The lowest BCUT2D eigenvalue weighted by molar-refractivity contribution is 1.06. The second-order valence-electron chi connectivity index (χ2n) is 8.04. The molecule has 33 heavy (non-hydrogen) atoms. The van der Waals surface area contributed by atoms with Gasteiger partial charge in [-0.2, -0.15) is 9.97 Å². The lowest BCUT2D eigenvalue weighted by Gasteiger charge is -2.09. The lowest BCUT2D eigenvalue weighted by atomic mass is 10.1. The number of nitrogens with zero attached hydrogens (tertiary/aromatic N) is 4. The van der Waals surface area contributed by atoms with Crippen molar-refractivity contribution in [2.24, 2.45) is 0 Å². The summed E-state index contributed by atoms with van der Waals surface area (Å²) in [5, 5.41) is 2.68. The molecule has 0 aliphatic carbocycles. The van der Waals surface area contributed by atoms with E-state index in [1.807, 2.05) is 42.5 Å². The molecule has 0 fully saturated rings. The normalized spacial score (nSPS) is 11.3. The van der Waals surface area contributed by atoms with Gasteiger partial charge in [-0.3, -0.25) is 0 Å². The Morgan fingerprint density at radius 1 is 0.606 bits per heavy atom. The van der Waals surface area contributed by atoms with Crippen LogP contribution < -0.4 is 0 Å². The molecule has 6 aromatic rings. The summed E-state index contributed by atoms with van der Waals surface area (Å²) in [4.78, 5) is 13.3. The fourth-order valence-electron chi connectivity index (χ4n) is 4.32. The highest BCUT2D eigenvalue weighted by atomic mass is 35.5. The van der Waals surface area contributed by atoms with Gasteiger partial charge in [-0.1, -0.05) is 60.2 Å². The van der Waals surface area contributed by atoms with Gasteiger partial charge in [0.1, 0.15) is 0 Å². The molecule has 0 radical (unpaired) electrons. The Morgan fingerprint density at radius 2 is 1.24 bits per heavy atom. The number of aromatic nitrogens is 4. The van der Waals surface area contributed by atoms with Gasteiger partial charge in [0.15, 0.2) is 11.6 Å². The third-order valence-corrected chi connectivity index (χ3v) is 6.02. The van der Waals surface area contributed by atoms with E-state index in [4.69, 9.17) is 11.6 Å². The molecule has 0 N–H and O–H groups in total. The average molecular weight is 447 g/mol. The van der Waals surface area contributed by atoms with E-state index in [0.29, 0.717) is 11.6 Å². The minimum absolute atomic E-state index is 0.181. The first-order valence-corrected chi connectivity index (χ1v) is 11.1. The third kappa shape index (κ3) is 3.45. The molecule has 2 heterocycles. The Bertz CT molecular complexity index is 1620. The first-order valence-electron chi connectivity index (χ1n) is 10.7. The summed E-state index contributed by atoms with van der Waals surface area (Å²) in [5.74, 6) is 1.12. The van der Waals surface area contributed by atoms with Gasteiger partial charge < -0.3 is 4.57 Å². The number of halogens is 1. The van der Waals surface area contributed by atoms with Crippen molar-refractivity contribution in [2.45, 2.75) is 6.92 Å². The highest BCUT2D eigenvalue weighted by Gasteiger charge is 2.13. The maximum atomic E-state index is 6.24. The van der Waals surface area contributed by atoms with Crippen LogP contribution in [0.4, 0.5) is 0 Å². The van der Waals surface area contributed by atoms with Crippen molar-refractivity contribution in [1.82, 2.24) is 19.5 Å². The zero-order valence-corrected chi connectivity index (χ0v) is 18.7. The summed E-state index contributed by atoms with van der Waals surface area (Å²) in [6.45, 7) is 2.13. The first-order chi connectivity index (χ1) is 16.2. The molecule has 0 aliphatic heterocycles. The Morgan fingerprint density at radius 3 is 2.00 bits per heavy atom. The number of hydrogen-bond acceptors (Lipinski definition) is 3. The summed E-state index contributed by atoms with van der Waals surface area (Å²) >= 11 is 6.24. The van der Waals surface area contributed by atoms with Crippen molar-refractivity contribution in [2.75, 3.05) is 0 Å². The monoisotopic (exact) mass is 446 g/mol. The van der Waals surface area contributed by atoms with Crippen LogP contribution in [0.15, 0.2) is 97.1 Å². The minimum Gasteiger partial charge on any atom is -0.309 e. The van der Waals surface area contributed by atoms with Gasteiger partial charge in [0.2, 0.25) is 5.28 Å². The van der Waals surface area contributed by atoms with Gasteiger partial charge in [0, 0.05) is 27.6 Å². The van der Waals surface area contributed by atoms with Gasteiger partial charge >= 0.3 is 0 Å². The maximum absolute atomic E-state index is 6.24. The van der Waals surface area contributed by atoms with Crippen LogP contribution in [0.2, 0.25) is 5.28 Å². The molecule has 0 aliphatic rings. The van der Waals surface area contributed by atoms with Crippen LogP contribution in [0, 0.1) is 6.92 Å². The molecule has 0 atom stereocenters. The summed E-state index contributed by atoms with van der Waals surface area (Å²) in [6, 6.07) is 33.2. The first kappa shape index (κ1) is 19.6. The largest absolute Gasteiger partial charge is 0.309 e. The smallest absolute Gasteiger partial charge is 0.226 e. The number of para-hydroxylation sites is 1. The quantitative estimate of drug-likeness (QED) is 0.287. The molecule has 4 aromatic carbocycles. The molecular weight excluding hydrogens is 428 g/mol. The van der Waals surface area contributed by atoms with Crippen LogP contribution in [-0.2, 0) is 0 Å². The van der Waals surface area contributed by atoms with Crippen molar-refractivity contribution in [3.8, 4) is 28.5 Å². The van der Waals surface area contributed by atoms with E-state index in [0.717, 1.165) is 16.8 Å². The van der Waals surface area contributed by atoms with Crippen LogP contribution in [0.3, 0.4) is 0 Å². The van der Waals surface area contributed by atoms with E-state index in [2.05, 4.69) is 81.0 Å². The van der Waals surface area contributed by atoms with Crippen LogP contribution in [0.5, 0.6) is 0 Å². The Balaban J connectivity index is 1.47. The Hall–Kier alpha value is -4.02. The Labute approximate surface area is 196 Å². The van der Waals surface area contributed by atoms with E-state index in [-0.39, 0.29) is 5.28 Å². The predicted molar refractivity (Wildman–Crippen MR) is 135 cm³/mol. The van der Waals surface area contributed by atoms with Crippen molar-refractivity contribution < 1.29 is 0 Å². The molecule has 6 rings (SSSR count). The van der Waals surface area contributed by atoms with Gasteiger partial charge in [-0.15, -0.1) is 0 Å². The molecular formula is C28H19ClN4. The topological polar surface area (TPSA) is 43.6 Å². The van der Waals surface area contributed by atoms with Crippen molar-refractivity contribution in [3.05, 3.63) is 108 Å². The highest BCUT2D eigenvalue weighted by Crippen LogP contribution is 2.33. The molecule has 0 amide bonds. The zero-order valence-electron chi connectivity index (χ0n) is 17.9. The van der Waals surface area contributed by atoms with Gasteiger partial charge in [-0.25, -0.2) is 4.98 Å². The Kier molecular flexibility index (Phi) is 4.67. The molecule has 0 saturated heterocycles. The number of fused-ring (bicyclic) bond motifs is 3. The molecule has 0 bridgehead atoms. The standard InChI is InChI=1S/C28H19ClN4/c1-18-11-16-25-23(17-18)22-9-5-6-10-24(22)33(25)21-14-12-20(13-15-21)27-30-26(31-28(29)32-27)19-7-3-2-4-8-19/h2-17H,1H3. The van der Waals surface area contributed by atoms with Gasteiger partial charge in [-0.05, 0) is 61.0 Å². The van der Waals surface area contributed by atoms with E-state index >= 15 is 0 Å². The lowest BCUT2D eigenvalue weighted by Crippen LogP contribution is -1.98. The third-order valence-electron chi connectivity index (χ3n) is 5.85. The number of rotatable bonds is 3. The summed E-state index contributed by atoms with van der Waals surface area (Å²) in [6.07, 6.45) is 0. The molecule has 0 unspecified atom stereocenters. The molecule has 0 spiro atoms. The number of hydrogen-bond donors (Lipinski definition) is 0. The van der Waals surface area contributed by atoms with Crippen LogP contribution >= 0.6 is 11.6 Å². The van der Waals surface area contributed by atoms with Crippen molar-refractivity contribution in [1.29, 1.82) is 0 Å². The molecule has 5 heteroatoms. The van der Waals surface area contributed by atoms with E-state index < -0.39 is 0 Å². The predicted octanol–water partition coefficient (Wildman–Crippen LogP) is 7.26. The van der Waals surface area contributed by atoms with Gasteiger partial charge in [0.25, 0.3) is 0 Å². The second kappa shape index (κ2) is 7.84. The fraction of sp³-hybridized carbons (Fsp3) is 0.0357. The van der Waals surface area contributed by atoms with Gasteiger partial charge in [0.05, 0.1) is 11.0 Å². The summed E-state index contributed by atoms with van der Waals surface area (Å²) in [5.41, 5.74) is 6.49. The number of aryl methyl sites for hydroxylation is 1. The fourth-order valence-corrected chi connectivity index (χ4v) is 4.48. The minimum atomic E-state index is 0.181. The zero-order chi connectivity index (χ0) is 22.4. The van der Waals surface area contributed by atoms with E-state index in [9.17, 15) is 0 Å². The SMILES string of the molecule is Cc1ccc2c(c1)c1ccccc1n2-c1ccc(-c2nc(Cl)nc(-c3ccccc3)n2)cc1. The summed E-state index contributed by atoms with van der Waals surface area (Å²) in [7, 11) is 0. The highest BCUT2D eigenvalue weighted by molar-refractivity contribution is 6.28. The second-order valence-corrected chi connectivity index (χ2v) is 8.38.